The van der Waals surface area contributed by atoms with Gasteiger partial charge in [0.1, 0.15) is 0 Å². The van der Waals surface area contributed by atoms with Crippen molar-refractivity contribution in [2.75, 3.05) is 0 Å². The van der Waals surface area contributed by atoms with Crippen molar-refractivity contribution in [1.82, 2.24) is 0 Å². The summed E-state index contributed by atoms with van der Waals surface area (Å²) in [5.74, 6) is -1.57. The lowest BCUT2D eigenvalue weighted by Gasteiger charge is -2.07. The Hall–Kier alpha value is -2.43. The molecular formula is C16H11F3O2. The van der Waals surface area contributed by atoms with Gasteiger partial charge in [-0.05, 0) is 19.1 Å². The molecule has 0 saturated heterocycles. The van der Waals surface area contributed by atoms with Gasteiger partial charge in [0.15, 0.2) is 0 Å². The van der Waals surface area contributed by atoms with Crippen molar-refractivity contribution in [1.29, 1.82) is 0 Å². The van der Waals surface area contributed by atoms with Crippen molar-refractivity contribution in [3.05, 3.63) is 70.8 Å². The number of carbonyl (C=O) groups is 2. The van der Waals surface area contributed by atoms with Crippen LogP contribution in [0.2, 0.25) is 0 Å². The molecule has 0 aromatic heterocycles. The van der Waals surface area contributed by atoms with Crippen molar-refractivity contribution >= 4 is 11.6 Å². The smallest absolute Gasteiger partial charge is 0.285 e. The zero-order valence-electron chi connectivity index (χ0n) is 11.1. The molecule has 0 atom stereocenters. The Morgan fingerprint density at radius 3 is 1.52 bits per heavy atom. The van der Waals surface area contributed by atoms with Gasteiger partial charge in [0, 0.05) is 11.1 Å². The summed E-state index contributed by atoms with van der Waals surface area (Å²) in [5, 5.41) is 0. The molecule has 0 saturated carbocycles. The van der Waals surface area contributed by atoms with Crippen molar-refractivity contribution in [3.63, 3.8) is 0 Å². The Morgan fingerprint density at radius 1 is 0.762 bits per heavy atom. The molecule has 0 aliphatic rings. The van der Waals surface area contributed by atoms with Crippen LogP contribution >= 0.6 is 0 Å². The molecule has 5 heteroatoms. The van der Waals surface area contributed by atoms with E-state index < -0.39 is 23.3 Å². The highest BCUT2D eigenvalue weighted by Crippen LogP contribution is 2.29. The van der Waals surface area contributed by atoms with Crippen LogP contribution in [0.3, 0.4) is 0 Å². The molecule has 2 rings (SSSR count). The van der Waals surface area contributed by atoms with Crippen molar-refractivity contribution in [2.24, 2.45) is 0 Å². The molecular weight excluding hydrogens is 281 g/mol. The maximum Gasteiger partial charge on any atom is 0.416 e. The van der Waals surface area contributed by atoms with E-state index in [1.807, 2.05) is 6.92 Å². The van der Waals surface area contributed by atoms with Crippen LogP contribution in [0, 0.1) is 6.92 Å². The first-order valence-electron chi connectivity index (χ1n) is 6.12. The van der Waals surface area contributed by atoms with Crippen molar-refractivity contribution < 1.29 is 22.8 Å². The second kappa shape index (κ2) is 5.52. The zero-order valence-corrected chi connectivity index (χ0v) is 11.1. The van der Waals surface area contributed by atoms with E-state index >= 15 is 0 Å². The van der Waals surface area contributed by atoms with Crippen LogP contribution < -0.4 is 0 Å². The fraction of sp³-hybridized carbons (Fsp3) is 0.125. The van der Waals surface area contributed by atoms with Gasteiger partial charge >= 0.3 is 6.18 Å². The van der Waals surface area contributed by atoms with Gasteiger partial charge in [-0.15, -0.1) is 0 Å². The SMILES string of the molecule is Cc1ccc(C(=O)C(=O)c2ccc(C(F)(F)F)cc2)cc1. The van der Waals surface area contributed by atoms with Crippen LogP contribution in [0.4, 0.5) is 13.2 Å². The van der Waals surface area contributed by atoms with Crippen LogP contribution in [-0.2, 0) is 6.18 Å². The number of Topliss-reactive ketones (excluding diaryl/α,β-unsaturated/α-hetero) is 2. The summed E-state index contributed by atoms with van der Waals surface area (Å²) in [7, 11) is 0. The van der Waals surface area contributed by atoms with E-state index in [2.05, 4.69) is 0 Å². The summed E-state index contributed by atoms with van der Waals surface area (Å²) in [5.41, 5.74) is 0.231. The summed E-state index contributed by atoms with van der Waals surface area (Å²) in [6.07, 6.45) is -4.47. The van der Waals surface area contributed by atoms with Crippen LogP contribution in [-0.4, -0.2) is 11.6 Å². The van der Waals surface area contributed by atoms with Gasteiger partial charge in [0.05, 0.1) is 5.56 Å². The number of alkyl halides is 3. The highest BCUT2D eigenvalue weighted by Gasteiger charge is 2.30. The fourth-order valence-corrected chi connectivity index (χ4v) is 1.78. The summed E-state index contributed by atoms with van der Waals surface area (Å²) >= 11 is 0. The highest BCUT2D eigenvalue weighted by molar-refractivity contribution is 6.49. The number of hydrogen-bond donors (Lipinski definition) is 0. The predicted octanol–water partition coefficient (Wildman–Crippen LogP) is 4.08. The summed E-state index contributed by atoms with van der Waals surface area (Å²) in [6, 6.07) is 10.00. The lowest BCUT2D eigenvalue weighted by atomic mass is 10.00. The van der Waals surface area contributed by atoms with Crippen molar-refractivity contribution in [2.45, 2.75) is 13.1 Å². The van der Waals surface area contributed by atoms with Gasteiger partial charge in [-0.1, -0.05) is 42.0 Å². The van der Waals surface area contributed by atoms with Crippen LogP contribution in [0.1, 0.15) is 31.8 Å². The average molecular weight is 292 g/mol. The molecule has 0 aliphatic carbocycles. The molecule has 0 spiro atoms. The predicted molar refractivity (Wildman–Crippen MR) is 71.3 cm³/mol. The van der Waals surface area contributed by atoms with Crippen LogP contribution in [0.5, 0.6) is 0 Å². The normalized spacial score (nSPS) is 11.2. The van der Waals surface area contributed by atoms with Crippen molar-refractivity contribution in [3.8, 4) is 0 Å². The molecule has 21 heavy (non-hydrogen) atoms. The summed E-state index contributed by atoms with van der Waals surface area (Å²) in [4.78, 5) is 23.9. The summed E-state index contributed by atoms with van der Waals surface area (Å²) in [6.45, 7) is 1.84. The fourth-order valence-electron chi connectivity index (χ4n) is 1.78. The second-order valence-corrected chi connectivity index (χ2v) is 4.60. The molecule has 2 aromatic carbocycles. The number of aryl methyl sites for hydroxylation is 1. The van der Waals surface area contributed by atoms with E-state index in [4.69, 9.17) is 0 Å². The Bertz CT molecular complexity index is 668. The monoisotopic (exact) mass is 292 g/mol. The van der Waals surface area contributed by atoms with E-state index in [1.54, 1.807) is 12.1 Å². The Kier molecular flexibility index (Phi) is 3.93. The molecule has 2 nitrogen and oxygen atoms in total. The number of halogens is 3. The minimum absolute atomic E-state index is 0.0615. The average Bonchev–Trinajstić information content (AvgIpc) is 2.46. The third-order valence-electron chi connectivity index (χ3n) is 2.99. The van der Waals surface area contributed by atoms with Gasteiger partial charge in [0.2, 0.25) is 11.6 Å². The zero-order chi connectivity index (χ0) is 15.6. The molecule has 0 amide bonds. The van der Waals surface area contributed by atoms with E-state index in [9.17, 15) is 22.8 Å². The molecule has 0 aliphatic heterocycles. The number of hydrogen-bond acceptors (Lipinski definition) is 2. The third kappa shape index (κ3) is 3.37. The lowest BCUT2D eigenvalue weighted by molar-refractivity contribution is -0.137. The molecule has 2 aromatic rings. The maximum atomic E-state index is 12.4. The number of benzene rings is 2. The highest BCUT2D eigenvalue weighted by atomic mass is 19.4. The minimum atomic E-state index is -4.47. The Balaban J connectivity index is 2.24. The van der Waals surface area contributed by atoms with Gasteiger partial charge < -0.3 is 0 Å². The van der Waals surface area contributed by atoms with E-state index in [1.165, 1.54) is 12.1 Å². The summed E-state index contributed by atoms with van der Waals surface area (Å²) < 4.78 is 37.3. The van der Waals surface area contributed by atoms with Gasteiger partial charge in [-0.3, -0.25) is 9.59 Å². The van der Waals surface area contributed by atoms with Gasteiger partial charge in [0.25, 0.3) is 0 Å². The second-order valence-electron chi connectivity index (χ2n) is 4.60. The minimum Gasteiger partial charge on any atom is -0.285 e. The van der Waals surface area contributed by atoms with E-state index in [0.29, 0.717) is 0 Å². The van der Waals surface area contributed by atoms with Gasteiger partial charge in [-0.25, -0.2) is 0 Å². The largest absolute Gasteiger partial charge is 0.416 e. The quantitative estimate of drug-likeness (QED) is 0.631. The first-order valence-corrected chi connectivity index (χ1v) is 6.12. The lowest BCUT2D eigenvalue weighted by Crippen LogP contribution is -2.15. The molecule has 0 unspecified atom stereocenters. The first kappa shape index (κ1) is 15.0. The Morgan fingerprint density at radius 2 is 1.14 bits per heavy atom. The number of rotatable bonds is 3. The molecule has 0 fully saturated rings. The molecule has 0 N–H and O–H groups in total. The molecule has 0 bridgehead atoms. The molecule has 0 heterocycles. The van der Waals surface area contributed by atoms with Crippen LogP contribution in [0.25, 0.3) is 0 Å². The van der Waals surface area contributed by atoms with Crippen LogP contribution in [0.15, 0.2) is 48.5 Å². The van der Waals surface area contributed by atoms with E-state index in [0.717, 1.165) is 29.8 Å². The maximum absolute atomic E-state index is 12.4. The van der Waals surface area contributed by atoms with Gasteiger partial charge in [-0.2, -0.15) is 13.2 Å². The first-order chi connectivity index (χ1) is 9.79. The standard InChI is InChI=1S/C16H11F3O2/c1-10-2-4-11(5-3-10)14(20)15(21)12-6-8-13(9-7-12)16(17,18)19/h2-9H,1H3. The molecule has 0 radical (unpaired) electrons. The van der Waals surface area contributed by atoms with E-state index in [-0.39, 0.29) is 11.1 Å². The number of ketones is 2. The number of carbonyl (C=O) groups excluding carboxylic acids is 2. The topological polar surface area (TPSA) is 34.1 Å². The molecule has 108 valence electrons. The Labute approximate surface area is 119 Å². The third-order valence-corrected chi connectivity index (χ3v) is 2.99.